The maximum absolute atomic E-state index is 12.2. The highest BCUT2D eigenvalue weighted by atomic mass is 35.5. The molecule has 3 aromatic rings. The first-order valence-corrected chi connectivity index (χ1v) is 9.63. The Morgan fingerprint density at radius 2 is 1.72 bits per heavy atom. The lowest BCUT2D eigenvalue weighted by atomic mass is 10.2. The van der Waals surface area contributed by atoms with Gasteiger partial charge in [-0.1, -0.05) is 35.9 Å². The highest BCUT2D eigenvalue weighted by molar-refractivity contribution is 6.34. The molecular formula is C23H13ClN2O6. The second-order valence-corrected chi connectivity index (χ2v) is 6.99. The van der Waals surface area contributed by atoms with Gasteiger partial charge in [0.1, 0.15) is 5.75 Å². The number of cyclic esters (lactones) is 1. The summed E-state index contributed by atoms with van der Waals surface area (Å²) >= 11 is 6.12. The van der Waals surface area contributed by atoms with Crippen LogP contribution in [-0.2, 0) is 9.53 Å². The maximum atomic E-state index is 12.2. The lowest BCUT2D eigenvalue weighted by molar-refractivity contribution is -0.384. The summed E-state index contributed by atoms with van der Waals surface area (Å²) in [5, 5.41) is 11.1. The Morgan fingerprint density at radius 3 is 2.38 bits per heavy atom. The van der Waals surface area contributed by atoms with Crippen molar-refractivity contribution in [2.75, 3.05) is 0 Å². The topological polar surface area (TPSA) is 108 Å². The number of nitro groups is 1. The summed E-state index contributed by atoms with van der Waals surface area (Å²) in [6.45, 7) is 0. The van der Waals surface area contributed by atoms with Crippen LogP contribution < -0.4 is 4.74 Å². The summed E-state index contributed by atoms with van der Waals surface area (Å²) in [4.78, 5) is 38.7. The molecule has 0 amide bonds. The molecular weight excluding hydrogens is 436 g/mol. The summed E-state index contributed by atoms with van der Waals surface area (Å²) in [6, 6.07) is 18.4. The second-order valence-electron chi connectivity index (χ2n) is 6.58. The van der Waals surface area contributed by atoms with Crippen molar-refractivity contribution in [3.63, 3.8) is 0 Å². The molecule has 0 aromatic heterocycles. The SMILES string of the molecule is O=C1OC(c2ccccc2Cl)=N/C1=C\c1ccc(OC(=O)c2ccc([N+](=O)[O-])cc2)cc1. The molecule has 0 saturated carbocycles. The molecule has 158 valence electrons. The predicted octanol–water partition coefficient (Wildman–Crippen LogP) is 4.81. The van der Waals surface area contributed by atoms with Crippen LogP contribution in [0, 0.1) is 10.1 Å². The summed E-state index contributed by atoms with van der Waals surface area (Å²) in [6.07, 6.45) is 1.54. The van der Waals surface area contributed by atoms with Crippen molar-refractivity contribution in [2.45, 2.75) is 0 Å². The average molecular weight is 449 g/mol. The highest BCUT2D eigenvalue weighted by Gasteiger charge is 2.25. The first-order chi connectivity index (χ1) is 15.4. The molecule has 0 unspecified atom stereocenters. The lowest BCUT2D eigenvalue weighted by Gasteiger charge is -2.04. The first-order valence-electron chi connectivity index (χ1n) is 9.25. The van der Waals surface area contributed by atoms with E-state index in [0.29, 0.717) is 16.1 Å². The van der Waals surface area contributed by atoms with Crippen molar-refractivity contribution in [1.29, 1.82) is 0 Å². The third kappa shape index (κ3) is 4.55. The van der Waals surface area contributed by atoms with Gasteiger partial charge in [-0.3, -0.25) is 10.1 Å². The number of carbonyl (C=O) groups is 2. The Labute approximate surface area is 186 Å². The minimum absolute atomic E-state index is 0.107. The summed E-state index contributed by atoms with van der Waals surface area (Å²) in [5.74, 6) is -0.863. The van der Waals surface area contributed by atoms with Crippen LogP contribution in [0.15, 0.2) is 83.5 Å². The number of aliphatic imine (C=N–C) groups is 1. The molecule has 8 nitrogen and oxygen atoms in total. The summed E-state index contributed by atoms with van der Waals surface area (Å²) in [7, 11) is 0. The molecule has 0 saturated heterocycles. The molecule has 0 atom stereocenters. The zero-order valence-electron chi connectivity index (χ0n) is 16.2. The number of non-ortho nitro benzene ring substituents is 1. The van der Waals surface area contributed by atoms with Crippen LogP contribution >= 0.6 is 11.6 Å². The van der Waals surface area contributed by atoms with Crippen LogP contribution in [0.1, 0.15) is 21.5 Å². The molecule has 0 radical (unpaired) electrons. The van der Waals surface area contributed by atoms with Gasteiger partial charge < -0.3 is 9.47 Å². The van der Waals surface area contributed by atoms with Crippen molar-refractivity contribution >= 4 is 41.2 Å². The van der Waals surface area contributed by atoms with Crippen LogP contribution in [0.5, 0.6) is 5.75 Å². The fourth-order valence-corrected chi connectivity index (χ4v) is 3.05. The zero-order valence-corrected chi connectivity index (χ0v) is 17.0. The smallest absolute Gasteiger partial charge is 0.363 e. The average Bonchev–Trinajstić information content (AvgIpc) is 3.15. The van der Waals surface area contributed by atoms with Crippen LogP contribution in [0.2, 0.25) is 5.02 Å². The van der Waals surface area contributed by atoms with Gasteiger partial charge in [-0.15, -0.1) is 0 Å². The maximum Gasteiger partial charge on any atom is 0.363 e. The molecule has 0 fully saturated rings. The van der Waals surface area contributed by atoms with Crippen LogP contribution in [0.3, 0.4) is 0 Å². The van der Waals surface area contributed by atoms with E-state index < -0.39 is 16.9 Å². The van der Waals surface area contributed by atoms with E-state index in [2.05, 4.69) is 4.99 Å². The van der Waals surface area contributed by atoms with Crippen molar-refractivity contribution < 1.29 is 24.0 Å². The first kappa shape index (κ1) is 21.0. The number of nitro benzene ring substituents is 1. The van der Waals surface area contributed by atoms with Gasteiger partial charge >= 0.3 is 11.9 Å². The molecule has 0 spiro atoms. The Morgan fingerprint density at radius 1 is 1.03 bits per heavy atom. The van der Waals surface area contributed by atoms with E-state index in [9.17, 15) is 19.7 Å². The van der Waals surface area contributed by atoms with Crippen molar-refractivity contribution in [1.82, 2.24) is 0 Å². The van der Waals surface area contributed by atoms with E-state index in [1.807, 2.05) is 0 Å². The molecule has 4 rings (SSSR count). The van der Waals surface area contributed by atoms with Gasteiger partial charge in [0, 0.05) is 12.1 Å². The number of nitrogens with zero attached hydrogens (tertiary/aromatic N) is 2. The standard InChI is InChI=1S/C23H13ClN2O6/c24-19-4-2-1-3-18(19)21-25-20(23(28)32-21)13-14-5-11-17(12-6-14)31-22(27)15-7-9-16(10-8-15)26(29)30/h1-13H/b20-13-. The number of carbonyl (C=O) groups excluding carboxylic acids is 2. The fourth-order valence-electron chi connectivity index (χ4n) is 2.83. The van der Waals surface area contributed by atoms with E-state index >= 15 is 0 Å². The monoisotopic (exact) mass is 448 g/mol. The van der Waals surface area contributed by atoms with Crippen LogP contribution in [0.4, 0.5) is 5.69 Å². The van der Waals surface area contributed by atoms with E-state index in [1.165, 1.54) is 30.3 Å². The zero-order chi connectivity index (χ0) is 22.7. The quantitative estimate of drug-likeness (QED) is 0.182. The van der Waals surface area contributed by atoms with Gasteiger partial charge in [0.2, 0.25) is 5.90 Å². The molecule has 1 aliphatic rings. The largest absolute Gasteiger partial charge is 0.423 e. The number of benzene rings is 3. The van der Waals surface area contributed by atoms with Crippen molar-refractivity contribution in [3.05, 3.63) is 110 Å². The summed E-state index contributed by atoms with van der Waals surface area (Å²) in [5.41, 5.74) is 1.31. The Bertz CT molecular complexity index is 1280. The molecule has 0 N–H and O–H groups in total. The normalized spacial score (nSPS) is 14.1. The molecule has 3 aromatic carbocycles. The number of ether oxygens (including phenoxy) is 2. The number of hydrogen-bond donors (Lipinski definition) is 0. The van der Waals surface area contributed by atoms with Gasteiger partial charge in [0.15, 0.2) is 5.70 Å². The molecule has 0 aliphatic carbocycles. The van der Waals surface area contributed by atoms with Gasteiger partial charge in [0.05, 0.1) is 21.1 Å². The van der Waals surface area contributed by atoms with Gasteiger partial charge in [0.25, 0.3) is 5.69 Å². The van der Waals surface area contributed by atoms with Crippen molar-refractivity contribution in [2.24, 2.45) is 4.99 Å². The lowest BCUT2D eigenvalue weighted by Crippen LogP contribution is -2.08. The summed E-state index contributed by atoms with van der Waals surface area (Å²) < 4.78 is 10.5. The van der Waals surface area contributed by atoms with Gasteiger partial charge in [-0.2, -0.15) is 0 Å². The minimum Gasteiger partial charge on any atom is -0.423 e. The van der Waals surface area contributed by atoms with Gasteiger partial charge in [-0.05, 0) is 48.0 Å². The Hall–Kier alpha value is -4.30. The minimum atomic E-state index is -0.653. The van der Waals surface area contributed by atoms with E-state index in [-0.39, 0.29) is 28.6 Å². The molecule has 1 heterocycles. The van der Waals surface area contributed by atoms with E-state index in [1.54, 1.807) is 48.5 Å². The third-order valence-corrected chi connectivity index (χ3v) is 4.76. The molecule has 0 bridgehead atoms. The van der Waals surface area contributed by atoms with Crippen LogP contribution in [0.25, 0.3) is 6.08 Å². The fraction of sp³-hybridized carbons (Fsp3) is 0. The van der Waals surface area contributed by atoms with Gasteiger partial charge in [-0.25, -0.2) is 14.6 Å². The number of halogens is 1. The van der Waals surface area contributed by atoms with E-state index in [0.717, 1.165) is 0 Å². The number of rotatable bonds is 5. The number of esters is 2. The third-order valence-electron chi connectivity index (χ3n) is 4.43. The molecule has 32 heavy (non-hydrogen) atoms. The predicted molar refractivity (Wildman–Crippen MR) is 117 cm³/mol. The molecule has 9 heteroatoms. The highest BCUT2D eigenvalue weighted by Crippen LogP contribution is 2.24. The second kappa shape index (κ2) is 8.83. The number of hydrogen-bond acceptors (Lipinski definition) is 7. The van der Waals surface area contributed by atoms with Crippen molar-refractivity contribution in [3.8, 4) is 5.75 Å². The Kier molecular flexibility index (Phi) is 5.78. The Balaban J connectivity index is 1.47. The van der Waals surface area contributed by atoms with Crippen LogP contribution in [-0.4, -0.2) is 22.8 Å². The van der Waals surface area contributed by atoms with E-state index in [4.69, 9.17) is 21.1 Å². The molecule has 1 aliphatic heterocycles.